The number of benzene rings is 2. The molecule has 3 aliphatic rings. The van der Waals surface area contributed by atoms with Crippen LogP contribution in [0.3, 0.4) is 0 Å². The lowest BCUT2D eigenvalue weighted by molar-refractivity contribution is 0.00582. The summed E-state index contributed by atoms with van der Waals surface area (Å²) in [5.41, 5.74) is 2.01. The quantitative estimate of drug-likeness (QED) is 0.385. The van der Waals surface area contributed by atoms with Crippen LogP contribution in [0.1, 0.15) is 11.1 Å². The molecule has 3 heterocycles. The third-order valence-corrected chi connectivity index (χ3v) is 7.60. The summed E-state index contributed by atoms with van der Waals surface area (Å²) in [4.78, 5) is 4.57. The van der Waals surface area contributed by atoms with Crippen molar-refractivity contribution in [1.29, 1.82) is 0 Å². The fourth-order valence-corrected chi connectivity index (χ4v) is 5.20. The predicted molar refractivity (Wildman–Crippen MR) is 169 cm³/mol. The molecule has 0 saturated carbocycles. The molecule has 44 heavy (non-hydrogen) atoms. The van der Waals surface area contributed by atoms with Gasteiger partial charge in [-0.1, -0.05) is 23.2 Å². The number of hydrogen-bond acceptors (Lipinski definition) is 10. The van der Waals surface area contributed by atoms with E-state index < -0.39 is 0 Å². The van der Waals surface area contributed by atoms with E-state index in [-0.39, 0.29) is 0 Å². The minimum absolute atomic E-state index is 0.417. The van der Waals surface area contributed by atoms with Crippen LogP contribution in [0.4, 0.5) is 0 Å². The number of halogens is 2. The average Bonchev–Trinajstić information content (AvgIpc) is 3.01. The lowest BCUT2D eigenvalue weighted by atomic mass is 10.2. The van der Waals surface area contributed by atoms with Crippen LogP contribution in [0.5, 0.6) is 11.5 Å². The van der Waals surface area contributed by atoms with Crippen LogP contribution in [0, 0.1) is 0 Å². The van der Waals surface area contributed by atoms with Crippen molar-refractivity contribution < 1.29 is 37.9 Å². The van der Waals surface area contributed by atoms with E-state index >= 15 is 0 Å². The Morgan fingerprint density at radius 2 is 0.727 bits per heavy atom. The zero-order valence-electron chi connectivity index (χ0n) is 25.5. The summed E-state index contributed by atoms with van der Waals surface area (Å²) in [6.07, 6.45) is 0. The minimum atomic E-state index is 0.417. The first kappa shape index (κ1) is 35.2. The van der Waals surface area contributed by atoms with E-state index in [0.29, 0.717) is 116 Å². The summed E-state index contributed by atoms with van der Waals surface area (Å²) in [6.45, 7) is 11.3. The van der Waals surface area contributed by atoms with Gasteiger partial charge in [0.2, 0.25) is 0 Å². The molecule has 10 nitrogen and oxygen atoms in total. The average molecular weight is 658 g/mol. The molecule has 0 amide bonds. The van der Waals surface area contributed by atoms with Gasteiger partial charge < -0.3 is 37.9 Å². The molecule has 0 aromatic heterocycles. The van der Waals surface area contributed by atoms with Gasteiger partial charge in [-0.3, -0.25) is 9.80 Å². The van der Waals surface area contributed by atoms with Crippen molar-refractivity contribution in [1.82, 2.24) is 9.80 Å². The second-order valence-electron chi connectivity index (χ2n) is 10.4. The van der Waals surface area contributed by atoms with Crippen LogP contribution in [0.15, 0.2) is 36.4 Å². The second kappa shape index (κ2) is 21.2. The maximum Gasteiger partial charge on any atom is 0.124 e. The Bertz CT molecular complexity index is 979. The van der Waals surface area contributed by atoms with Gasteiger partial charge in [0.25, 0.3) is 0 Å². The van der Waals surface area contributed by atoms with E-state index in [1.807, 2.05) is 36.4 Å². The molecular formula is C32H46Cl2N2O8. The molecule has 1 fully saturated rings. The molecule has 2 bridgehead atoms. The molecule has 5 rings (SSSR count). The van der Waals surface area contributed by atoms with E-state index in [1.165, 1.54) is 0 Å². The summed E-state index contributed by atoms with van der Waals surface area (Å²) < 4.78 is 47.4. The Morgan fingerprint density at radius 3 is 1.09 bits per heavy atom. The number of hydrogen-bond donors (Lipinski definition) is 0. The molecular weight excluding hydrogens is 611 g/mol. The van der Waals surface area contributed by atoms with Crippen LogP contribution >= 0.6 is 23.2 Å². The van der Waals surface area contributed by atoms with Crippen LogP contribution in [0.2, 0.25) is 10.0 Å². The van der Waals surface area contributed by atoms with Gasteiger partial charge in [0.05, 0.1) is 79.3 Å². The summed E-state index contributed by atoms with van der Waals surface area (Å²) in [7, 11) is 0. The van der Waals surface area contributed by atoms with Crippen molar-refractivity contribution in [3.05, 3.63) is 57.6 Å². The van der Waals surface area contributed by atoms with E-state index in [9.17, 15) is 0 Å². The summed E-state index contributed by atoms with van der Waals surface area (Å²) >= 11 is 12.7. The molecule has 0 atom stereocenters. The van der Waals surface area contributed by atoms with Crippen LogP contribution < -0.4 is 9.47 Å². The number of ether oxygens (including phenoxy) is 8. The van der Waals surface area contributed by atoms with E-state index in [0.717, 1.165) is 48.8 Å². The first-order valence-corrected chi connectivity index (χ1v) is 16.2. The molecule has 3 aliphatic heterocycles. The molecule has 0 aliphatic carbocycles. The largest absolute Gasteiger partial charge is 0.491 e. The maximum atomic E-state index is 6.37. The highest BCUT2D eigenvalue weighted by atomic mass is 35.5. The molecule has 12 heteroatoms. The standard InChI is InChI=1S/C32H46Cl2N2O8/c33-29-1-3-31-27(23-29)25-35-5-9-37-13-15-39-11-7-36(8-12-40-16-14-38-10-6-35)26-28-24-30(34)2-4-32(28)44-22-20-42-18-17-41-19-21-43-31/h1-4,23-24H,5-22,25-26H2. The van der Waals surface area contributed by atoms with Gasteiger partial charge in [-0.2, -0.15) is 0 Å². The Labute approximate surface area is 271 Å². The van der Waals surface area contributed by atoms with Crippen molar-refractivity contribution >= 4 is 23.2 Å². The van der Waals surface area contributed by atoms with Crippen molar-refractivity contribution in [3.63, 3.8) is 0 Å². The van der Waals surface area contributed by atoms with Gasteiger partial charge in [0.15, 0.2) is 0 Å². The van der Waals surface area contributed by atoms with Gasteiger partial charge in [-0.05, 0) is 36.4 Å². The molecule has 0 radical (unpaired) electrons. The normalized spacial score (nSPS) is 23.5. The Kier molecular flexibility index (Phi) is 16.9. The van der Waals surface area contributed by atoms with Gasteiger partial charge >= 0.3 is 0 Å². The molecule has 1 saturated heterocycles. The van der Waals surface area contributed by atoms with E-state index in [4.69, 9.17) is 61.1 Å². The van der Waals surface area contributed by atoms with Crippen molar-refractivity contribution in [2.75, 3.05) is 119 Å². The Morgan fingerprint density at radius 1 is 0.409 bits per heavy atom. The first-order chi connectivity index (χ1) is 21.7. The van der Waals surface area contributed by atoms with Crippen molar-refractivity contribution in [2.45, 2.75) is 13.1 Å². The first-order valence-electron chi connectivity index (χ1n) is 15.4. The predicted octanol–water partition coefficient (Wildman–Crippen LogP) is 4.18. The highest BCUT2D eigenvalue weighted by Crippen LogP contribution is 2.26. The minimum Gasteiger partial charge on any atom is -0.491 e. The van der Waals surface area contributed by atoms with Crippen molar-refractivity contribution in [3.8, 4) is 11.5 Å². The molecule has 2 aromatic rings. The third kappa shape index (κ3) is 13.7. The zero-order chi connectivity index (χ0) is 30.7. The second-order valence-corrected chi connectivity index (χ2v) is 11.3. The van der Waals surface area contributed by atoms with Gasteiger partial charge in [-0.15, -0.1) is 0 Å². The molecule has 0 spiro atoms. The van der Waals surface area contributed by atoms with E-state index in [1.54, 1.807) is 0 Å². The van der Waals surface area contributed by atoms with Crippen molar-refractivity contribution in [2.24, 2.45) is 0 Å². The smallest absolute Gasteiger partial charge is 0.124 e. The number of fused-ring (bicyclic) bond motifs is 23. The Hall–Kier alpha value is -1.70. The van der Waals surface area contributed by atoms with E-state index in [2.05, 4.69) is 9.80 Å². The fraction of sp³-hybridized carbons (Fsp3) is 0.625. The maximum absolute atomic E-state index is 6.37. The zero-order valence-corrected chi connectivity index (χ0v) is 27.0. The Balaban J connectivity index is 1.45. The summed E-state index contributed by atoms with van der Waals surface area (Å²) in [6, 6.07) is 11.4. The van der Waals surface area contributed by atoms with Crippen LogP contribution in [0.25, 0.3) is 0 Å². The lowest BCUT2D eigenvalue weighted by Crippen LogP contribution is -2.33. The molecule has 246 valence electrons. The monoisotopic (exact) mass is 656 g/mol. The van der Waals surface area contributed by atoms with Crippen LogP contribution in [-0.4, -0.2) is 128 Å². The van der Waals surface area contributed by atoms with Gasteiger partial charge in [0, 0.05) is 60.4 Å². The fourth-order valence-electron chi connectivity index (χ4n) is 4.81. The highest BCUT2D eigenvalue weighted by molar-refractivity contribution is 6.31. The summed E-state index contributed by atoms with van der Waals surface area (Å²) in [5.74, 6) is 1.57. The topological polar surface area (TPSA) is 80.3 Å². The molecule has 0 unspecified atom stereocenters. The lowest BCUT2D eigenvalue weighted by Gasteiger charge is -2.25. The van der Waals surface area contributed by atoms with Gasteiger partial charge in [-0.25, -0.2) is 0 Å². The number of nitrogens with zero attached hydrogens (tertiary/aromatic N) is 2. The molecule has 2 aromatic carbocycles. The third-order valence-electron chi connectivity index (χ3n) is 7.13. The molecule has 0 N–H and O–H groups in total. The summed E-state index contributed by atoms with van der Waals surface area (Å²) in [5, 5.41) is 1.33. The number of rotatable bonds is 0. The van der Waals surface area contributed by atoms with Crippen LogP contribution in [-0.2, 0) is 41.5 Å². The highest BCUT2D eigenvalue weighted by Gasteiger charge is 2.14. The SMILES string of the molecule is Clc1ccc2c(c1)CN1CCOCCOCCN(CCOCCOCC1)Cc1cc(Cl)ccc1OCCOCCOCCO2. The van der Waals surface area contributed by atoms with Gasteiger partial charge in [0.1, 0.15) is 24.7 Å².